The van der Waals surface area contributed by atoms with Crippen LogP contribution in [0.4, 0.5) is 11.5 Å². The van der Waals surface area contributed by atoms with Gasteiger partial charge in [0, 0.05) is 5.69 Å². The predicted octanol–water partition coefficient (Wildman–Crippen LogP) is 3.42. The van der Waals surface area contributed by atoms with Crippen molar-refractivity contribution in [3.05, 3.63) is 52.7 Å². The molecule has 0 amide bonds. The quantitative estimate of drug-likeness (QED) is 0.844. The van der Waals surface area contributed by atoms with Crippen molar-refractivity contribution in [1.82, 2.24) is 4.98 Å². The first-order valence-corrected chi connectivity index (χ1v) is 6.15. The zero-order valence-electron chi connectivity index (χ0n) is 9.77. The SMILES string of the molecule is Cc1ccc(C(N)=S)c(Nc2ccccc2Cl)n1. The summed E-state index contributed by atoms with van der Waals surface area (Å²) in [7, 11) is 0. The standard InChI is InChI=1S/C13H12ClN3S/c1-8-6-7-9(12(15)18)13(16-8)17-11-5-3-2-4-10(11)14/h2-7H,1H3,(H2,15,18)(H,16,17). The van der Waals surface area contributed by atoms with Crippen LogP contribution in [0, 0.1) is 6.92 Å². The van der Waals surface area contributed by atoms with E-state index in [4.69, 9.17) is 29.6 Å². The first kappa shape index (κ1) is 12.8. The number of aromatic nitrogens is 1. The lowest BCUT2D eigenvalue weighted by molar-refractivity contribution is 1.19. The second kappa shape index (κ2) is 5.33. The molecule has 1 heterocycles. The molecular formula is C13H12ClN3S. The number of halogens is 1. The molecule has 0 spiro atoms. The van der Waals surface area contributed by atoms with Crippen LogP contribution < -0.4 is 11.1 Å². The molecule has 3 N–H and O–H groups in total. The van der Waals surface area contributed by atoms with Crippen LogP contribution in [-0.4, -0.2) is 9.97 Å². The molecule has 5 heteroatoms. The molecule has 0 fully saturated rings. The minimum Gasteiger partial charge on any atom is -0.389 e. The van der Waals surface area contributed by atoms with Crippen LogP contribution in [0.1, 0.15) is 11.3 Å². The van der Waals surface area contributed by atoms with Crippen LogP contribution in [-0.2, 0) is 0 Å². The maximum Gasteiger partial charge on any atom is 0.140 e. The zero-order valence-corrected chi connectivity index (χ0v) is 11.3. The van der Waals surface area contributed by atoms with Crippen molar-refractivity contribution in [3.8, 4) is 0 Å². The van der Waals surface area contributed by atoms with Gasteiger partial charge in [-0.15, -0.1) is 0 Å². The molecular weight excluding hydrogens is 266 g/mol. The first-order valence-electron chi connectivity index (χ1n) is 5.37. The Labute approximate surface area is 116 Å². The van der Waals surface area contributed by atoms with E-state index in [1.165, 1.54) is 0 Å². The van der Waals surface area contributed by atoms with Gasteiger partial charge >= 0.3 is 0 Å². The predicted molar refractivity (Wildman–Crippen MR) is 79.6 cm³/mol. The molecule has 0 atom stereocenters. The summed E-state index contributed by atoms with van der Waals surface area (Å²) < 4.78 is 0. The van der Waals surface area contributed by atoms with Gasteiger partial charge < -0.3 is 11.1 Å². The second-order valence-electron chi connectivity index (χ2n) is 3.82. The lowest BCUT2D eigenvalue weighted by Crippen LogP contribution is -2.13. The number of aryl methyl sites for hydroxylation is 1. The summed E-state index contributed by atoms with van der Waals surface area (Å²) >= 11 is 11.1. The Morgan fingerprint density at radius 1 is 1.28 bits per heavy atom. The maximum absolute atomic E-state index is 6.09. The van der Waals surface area contributed by atoms with Gasteiger partial charge in [0.2, 0.25) is 0 Å². The molecule has 3 nitrogen and oxygen atoms in total. The molecule has 2 aromatic rings. The molecule has 0 saturated heterocycles. The summed E-state index contributed by atoms with van der Waals surface area (Å²) in [6.07, 6.45) is 0. The van der Waals surface area contributed by atoms with E-state index in [0.29, 0.717) is 21.4 Å². The van der Waals surface area contributed by atoms with Crippen LogP contribution in [0.2, 0.25) is 5.02 Å². The van der Waals surface area contributed by atoms with Gasteiger partial charge in [-0.3, -0.25) is 0 Å². The van der Waals surface area contributed by atoms with Crippen molar-refractivity contribution in [2.45, 2.75) is 6.92 Å². The number of anilines is 2. The third-order valence-corrected chi connectivity index (χ3v) is 2.98. The summed E-state index contributed by atoms with van der Waals surface area (Å²) in [5, 5.41) is 3.77. The van der Waals surface area contributed by atoms with Crippen molar-refractivity contribution < 1.29 is 0 Å². The number of hydrogen-bond acceptors (Lipinski definition) is 3. The Morgan fingerprint density at radius 2 is 2.00 bits per heavy atom. The number of nitrogens with two attached hydrogens (primary N) is 1. The number of hydrogen-bond donors (Lipinski definition) is 2. The highest BCUT2D eigenvalue weighted by Gasteiger charge is 2.08. The van der Waals surface area contributed by atoms with Crippen LogP contribution in [0.15, 0.2) is 36.4 Å². The average Bonchev–Trinajstić information content (AvgIpc) is 2.32. The van der Waals surface area contributed by atoms with E-state index in [0.717, 1.165) is 11.4 Å². The number of pyridine rings is 1. The molecule has 0 unspecified atom stereocenters. The Kier molecular flexibility index (Phi) is 3.79. The minimum absolute atomic E-state index is 0.303. The topological polar surface area (TPSA) is 50.9 Å². The van der Waals surface area contributed by atoms with Crippen molar-refractivity contribution in [1.29, 1.82) is 0 Å². The fourth-order valence-electron chi connectivity index (χ4n) is 1.54. The largest absolute Gasteiger partial charge is 0.389 e. The maximum atomic E-state index is 6.09. The molecule has 0 aliphatic carbocycles. The van der Waals surface area contributed by atoms with Gasteiger partial charge in [-0.1, -0.05) is 36.0 Å². The van der Waals surface area contributed by atoms with E-state index in [2.05, 4.69) is 10.3 Å². The molecule has 92 valence electrons. The van der Waals surface area contributed by atoms with Gasteiger partial charge in [-0.2, -0.15) is 0 Å². The molecule has 1 aromatic heterocycles. The van der Waals surface area contributed by atoms with Gasteiger partial charge in [0.05, 0.1) is 16.3 Å². The van der Waals surface area contributed by atoms with Crippen LogP contribution in [0.5, 0.6) is 0 Å². The van der Waals surface area contributed by atoms with Crippen LogP contribution in [0.3, 0.4) is 0 Å². The Hall–Kier alpha value is -1.65. The lowest BCUT2D eigenvalue weighted by Gasteiger charge is -2.12. The molecule has 0 radical (unpaired) electrons. The Morgan fingerprint density at radius 3 is 2.67 bits per heavy atom. The van der Waals surface area contributed by atoms with Crippen molar-refractivity contribution >= 4 is 40.3 Å². The number of thiocarbonyl (C=S) groups is 1. The van der Waals surface area contributed by atoms with Crippen LogP contribution in [0.25, 0.3) is 0 Å². The number of nitrogens with one attached hydrogen (secondary N) is 1. The van der Waals surface area contributed by atoms with Crippen molar-refractivity contribution in [2.75, 3.05) is 5.32 Å². The lowest BCUT2D eigenvalue weighted by atomic mass is 10.2. The normalized spacial score (nSPS) is 10.1. The van der Waals surface area contributed by atoms with E-state index in [-0.39, 0.29) is 0 Å². The van der Waals surface area contributed by atoms with Gasteiger partial charge in [-0.05, 0) is 31.2 Å². The summed E-state index contributed by atoms with van der Waals surface area (Å²) in [4.78, 5) is 4.70. The van der Waals surface area contributed by atoms with Crippen molar-refractivity contribution in [2.24, 2.45) is 5.73 Å². The van der Waals surface area contributed by atoms with Gasteiger partial charge in [0.1, 0.15) is 10.8 Å². The molecule has 0 bridgehead atoms. The van der Waals surface area contributed by atoms with E-state index in [9.17, 15) is 0 Å². The third kappa shape index (κ3) is 2.78. The minimum atomic E-state index is 0.303. The van der Waals surface area contributed by atoms with Gasteiger partial charge in [-0.25, -0.2) is 4.98 Å². The molecule has 0 aliphatic rings. The zero-order chi connectivity index (χ0) is 13.1. The monoisotopic (exact) mass is 277 g/mol. The van der Waals surface area contributed by atoms with E-state index >= 15 is 0 Å². The van der Waals surface area contributed by atoms with E-state index in [1.54, 1.807) is 6.07 Å². The highest BCUT2D eigenvalue weighted by Crippen LogP contribution is 2.25. The van der Waals surface area contributed by atoms with E-state index < -0.39 is 0 Å². The number of para-hydroxylation sites is 1. The third-order valence-electron chi connectivity index (χ3n) is 2.43. The Balaban J connectivity index is 2.42. The van der Waals surface area contributed by atoms with Crippen molar-refractivity contribution in [3.63, 3.8) is 0 Å². The van der Waals surface area contributed by atoms with Crippen LogP contribution >= 0.6 is 23.8 Å². The summed E-state index contributed by atoms with van der Waals surface area (Å²) in [5.41, 5.74) is 8.03. The molecule has 0 aliphatic heterocycles. The fourth-order valence-corrected chi connectivity index (χ4v) is 1.89. The van der Waals surface area contributed by atoms with Gasteiger partial charge in [0.25, 0.3) is 0 Å². The number of nitrogens with zero attached hydrogens (tertiary/aromatic N) is 1. The number of benzene rings is 1. The number of rotatable bonds is 3. The Bertz CT molecular complexity index is 599. The smallest absolute Gasteiger partial charge is 0.140 e. The first-order chi connectivity index (χ1) is 8.58. The molecule has 2 rings (SSSR count). The van der Waals surface area contributed by atoms with E-state index in [1.807, 2.05) is 37.3 Å². The molecule has 18 heavy (non-hydrogen) atoms. The van der Waals surface area contributed by atoms with Gasteiger partial charge in [0.15, 0.2) is 0 Å². The summed E-state index contributed by atoms with van der Waals surface area (Å²) in [6.45, 7) is 1.90. The summed E-state index contributed by atoms with van der Waals surface area (Å²) in [6, 6.07) is 11.2. The second-order valence-corrected chi connectivity index (χ2v) is 4.66. The molecule has 1 aromatic carbocycles. The highest BCUT2D eigenvalue weighted by molar-refractivity contribution is 7.80. The fraction of sp³-hybridized carbons (Fsp3) is 0.0769. The summed E-state index contributed by atoms with van der Waals surface area (Å²) in [5.74, 6) is 0.621. The highest BCUT2D eigenvalue weighted by atomic mass is 35.5. The molecule has 0 saturated carbocycles. The average molecular weight is 278 g/mol.